The maximum absolute atomic E-state index is 5.70. The van der Waals surface area contributed by atoms with Crippen molar-refractivity contribution in [3.8, 4) is 17.0 Å². The predicted octanol–water partition coefficient (Wildman–Crippen LogP) is 2.59. The second kappa shape index (κ2) is 4.63. The van der Waals surface area contributed by atoms with E-state index in [9.17, 15) is 0 Å². The molecule has 0 aliphatic rings. The molecule has 0 amide bonds. The average Bonchev–Trinajstić information content (AvgIpc) is 2.70. The highest BCUT2D eigenvalue weighted by molar-refractivity contribution is 7.12. The van der Waals surface area contributed by atoms with Gasteiger partial charge in [-0.15, -0.1) is 11.3 Å². The molecule has 2 N–H and O–H groups in total. The van der Waals surface area contributed by atoms with Crippen LogP contribution in [0.4, 0.5) is 0 Å². The van der Waals surface area contributed by atoms with E-state index in [4.69, 9.17) is 10.5 Å². The summed E-state index contributed by atoms with van der Waals surface area (Å²) in [4.78, 5) is 5.63. The molecule has 0 unspecified atom stereocenters. The van der Waals surface area contributed by atoms with Crippen LogP contribution in [0.5, 0.6) is 5.75 Å². The van der Waals surface area contributed by atoms with Crippen LogP contribution in [0.15, 0.2) is 24.3 Å². The fourth-order valence-electron chi connectivity index (χ4n) is 1.58. The van der Waals surface area contributed by atoms with E-state index >= 15 is 0 Å². The van der Waals surface area contributed by atoms with Gasteiger partial charge in [-0.3, -0.25) is 0 Å². The van der Waals surface area contributed by atoms with E-state index in [1.807, 2.05) is 31.2 Å². The molecule has 1 aromatic heterocycles. The predicted molar refractivity (Wildman–Crippen MR) is 66.7 cm³/mol. The van der Waals surface area contributed by atoms with Gasteiger partial charge >= 0.3 is 0 Å². The Hall–Kier alpha value is -1.39. The Morgan fingerprint density at radius 3 is 2.56 bits per heavy atom. The zero-order valence-corrected chi connectivity index (χ0v) is 10.2. The number of nitrogens with zero attached hydrogens (tertiary/aromatic N) is 1. The molecule has 2 rings (SSSR count). The lowest BCUT2D eigenvalue weighted by Gasteiger charge is -2.02. The molecule has 0 atom stereocenters. The van der Waals surface area contributed by atoms with Crippen LogP contribution in [0.25, 0.3) is 11.3 Å². The first kappa shape index (κ1) is 11.1. The average molecular weight is 234 g/mol. The van der Waals surface area contributed by atoms with Gasteiger partial charge in [0.15, 0.2) is 0 Å². The molecule has 1 aromatic carbocycles. The monoisotopic (exact) mass is 234 g/mol. The summed E-state index contributed by atoms with van der Waals surface area (Å²) in [5.41, 5.74) is 7.78. The minimum atomic E-state index is 0.535. The Bertz CT molecular complexity index is 476. The van der Waals surface area contributed by atoms with Crippen LogP contribution in [0.2, 0.25) is 0 Å². The van der Waals surface area contributed by atoms with Crippen molar-refractivity contribution < 1.29 is 4.74 Å². The van der Waals surface area contributed by atoms with Crippen molar-refractivity contribution in [3.63, 3.8) is 0 Å². The molecule has 84 valence electrons. The first-order valence-electron chi connectivity index (χ1n) is 5.05. The zero-order chi connectivity index (χ0) is 11.5. The summed E-state index contributed by atoms with van der Waals surface area (Å²) < 4.78 is 5.12. The van der Waals surface area contributed by atoms with Crippen molar-refractivity contribution in [1.29, 1.82) is 0 Å². The van der Waals surface area contributed by atoms with E-state index in [0.717, 1.165) is 26.9 Å². The smallest absolute Gasteiger partial charge is 0.118 e. The summed E-state index contributed by atoms with van der Waals surface area (Å²) in [5.74, 6) is 0.852. The van der Waals surface area contributed by atoms with Gasteiger partial charge in [-0.25, -0.2) is 4.98 Å². The Labute approximate surface area is 98.9 Å². The summed E-state index contributed by atoms with van der Waals surface area (Å²) in [6, 6.07) is 7.88. The van der Waals surface area contributed by atoms with Gasteiger partial charge in [-0.05, 0) is 31.2 Å². The number of hydrogen-bond acceptors (Lipinski definition) is 4. The maximum atomic E-state index is 5.70. The highest BCUT2D eigenvalue weighted by atomic mass is 32.1. The third-order valence-electron chi connectivity index (χ3n) is 2.35. The molecule has 0 radical (unpaired) electrons. The SMILES string of the molecule is COc1ccc(-c2nc(C)sc2CN)cc1. The Kier molecular flexibility index (Phi) is 3.22. The van der Waals surface area contributed by atoms with E-state index in [-0.39, 0.29) is 0 Å². The third kappa shape index (κ3) is 2.08. The largest absolute Gasteiger partial charge is 0.497 e. The van der Waals surface area contributed by atoms with Gasteiger partial charge in [-0.2, -0.15) is 0 Å². The number of hydrogen-bond donors (Lipinski definition) is 1. The molecule has 4 heteroatoms. The highest BCUT2D eigenvalue weighted by Gasteiger charge is 2.09. The topological polar surface area (TPSA) is 48.1 Å². The highest BCUT2D eigenvalue weighted by Crippen LogP contribution is 2.28. The molecule has 0 bridgehead atoms. The second-order valence-electron chi connectivity index (χ2n) is 3.44. The minimum absolute atomic E-state index is 0.535. The van der Waals surface area contributed by atoms with Gasteiger partial charge in [0.2, 0.25) is 0 Å². The number of aromatic nitrogens is 1. The lowest BCUT2D eigenvalue weighted by Crippen LogP contribution is -1.95. The quantitative estimate of drug-likeness (QED) is 0.888. The normalized spacial score (nSPS) is 10.4. The standard InChI is InChI=1S/C12H14N2OS/c1-8-14-12(11(7-13)16-8)9-3-5-10(15-2)6-4-9/h3-6H,7,13H2,1-2H3. The van der Waals surface area contributed by atoms with Gasteiger partial charge in [0.05, 0.1) is 17.8 Å². The van der Waals surface area contributed by atoms with Crippen LogP contribution < -0.4 is 10.5 Å². The number of thiazole rings is 1. The molecule has 0 fully saturated rings. The van der Waals surface area contributed by atoms with E-state index < -0.39 is 0 Å². The van der Waals surface area contributed by atoms with Gasteiger partial charge in [-0.1, -0.05) is 0 Å². The first-order valence-corrected chi connectivity index (χ1v) is 5.87. The molecule has 16 heavy (non-hydrogen) atoms. The molecule has 0 aliphatic carbocycles. The number of nitrogens with two attached hydrogens (primary N) is 1. The Morgan fingerprint density at radius 2 is 2.00 bits per heavy atom. The molecule has 0 saturated carbocycles. The number of ether oxygens (including phenoxy) is 1. The maximum Gasteiger partial charge on any atom is 0.118 e. The number of rotatable bonds is 3. The van der Waals surface area contributed by atoms with Crippen LogP contribution in [0.3, 0.4) is 0 Å². The summed E-state index contributed by atoms with van der Waals surface area (Å²) >= 11 is 1.65. The minimum Gasteiger partial charge on any atom is -0.497 e. The van der Waals surface area contributed by atoms with E-state index in [2.05, 4.69) is 4.98 Å². The van der Waals surface area contributed by atoms with Crippen molar-refractivity contribution in [2.24, 2.45) is 5.73 Å². The number of benzene rings is 1. The second-order valence-corrected chi connectivity index (χ2v) is 4.73. The molecule has 0 spiro atoms. The number of methoxy groups -OCH3 is 1. The lowest BCUT2D eigenvalue weighted by atomic mass is 10.1. The van der Waals surface area contributed by atoms with Gasteiger partial charge in [0.1, 0.15) is 5.75 Å². The molecule has 2 aromatic rings. The van der Waals surface area contributed by atoms with Gasteiger partial charge in [0.25, 0.3) is 0 Å². The molecular weight excluding hydrogens is 220 g/mol. The fourth-order valence-corrected chi connectivity index (χ4v) is 2.42. The van der Waals surface area contributed by atoms with E-state index in [1.165, 1.54) is 0 Å². The van der Waals surface area contributed by atoms with Crippen LogP contribution >= 0.6 is 11.3 Å². The van der Waals surface area contributed by atoms with Crippen LogP contribution in [-0.4, -0.2) is 12.1 Å². The van der Waals surface area contributed by atoms with Gasteiger partial charge < -0.3 is 10.5 Å². The zero-order valence-electron chi connectivity index (χ0n) is 9.36. The molecule has 1 heterocycles. The molecular formula is C12H14N2OS. The van der Waals surface area contributed by atoms with Crippen LogP contribution in [0, 0.1) is 6.92 Å². The van der Waals surface area contributed by atoms with Crippen molar-refractivity contribution in [2.45, 2.75) is 13.5 Å². The molecule has 3 nitrogen and oxygen atoms in total. The van der Waals surface area contributed by atoms with E-state index in [0.29, 0.717) is 6.54 Å². The van der Waals surface area contributed by atoms with E-state index in [1.54, 1.807) is 18.4 Å². The fraction of sp³-hybridized carbons (Fsp3) is 0.250. The number of aryl methyl sites for hydroxylation is 1. The Balaban J connectivity index is 2.41. The summed E-state index contributed by atoms with van der Waals surface area (Å²) in [6.45, 7) is 2.53. The van der Waals surface area contributed by atoms with Crippen LogP contribution in [-0.2, 0) is 6.54 Å². The summed E-state index contributed by atoms with van der Waals surface area (Å²) in [6.07, 6.45) is 0. The van der Waals surface area contributed by atoms with Crippen molar-refractivity contribution >= 4 is 11.3 Å². The van der Waals surface area contributed by atoms with Crippen molar-refractivity contribution in [3.05, 3.63) is 34.2 Å². The molecule has 0 saturated heterocycles. The third-order valence-corrected chi connectivity index (χ3v) is 3.35. The summed E-state index contributed by atoms with van der Waals surface area (Å²) in [5, 5.41) is 1.05. The van der Waals surface area contributed by atoms with Crippen molar-refractivity contribution in [1.82, 2.24) is 4.98 Å². The van der Waals surface area contributed by atoms with Crippen LogP contribution in [0.1, 0.15) is 9.88 Å². The summed E-state index contributed by atoms with van der Waals surface area (Å²) in [7, 11) is 1.66. The van der Waals surface area contributed by atoms with Gasteiger partial charge in [0, 0.05) is 17.0 Å². The van der Waals surface area contributed by atoms with Crippen molar-refractivity contribution in [2.75, 3.05) is 7.11 Å². The lowest BCUT2D eigenvalue weighted by molar-refractivity contribution is 0.415. The molecule has 0 aliphatic heterocycles. The Morgan fingerprint density at radius 1 is 1.31 bits per heavy atom. The first-order chi connectivity index (χ1) is 7.74.